The third-order valence-electron chi connectivity index (χ3n) is 2.69. The van der Waals surface area contributed by atoms with Gasteiger partial charge in [-0.05, 0) is 23.6 Å². The largest absolute Gasteiger partial charge is 0.481 e. The van der Waals surface area contributed by atoms with E-state index < -0.39 is 23.7 Å². The molecule has 0 saturated heterocycles. The minimum atomic E-state index is -1.03. The van der Waals surface area contributed by atoms with Crippen LogP contribution in [0.1, 0.15) is 27.7 Å². The minimum Gasteiger partial charge on any atom is -0.481 e. The number of carbonyl (C=O) groups is 2. The van der Waals surface area contributed by atoms with E-state index in [-0.39, 0.29) is 12.0 Å². The van der Waals surface area contributed by atoms with Crippen molar-refractivity contribution < 1.29 is 19.1 Å². The number of carboxylic acids is 1. The lowest BCUT2D eigenvalue weighted by Crippen LogP contribution is -2.30. The van der Waals surface area contributed by atoms with Crippen LogP contribution in [0.25, 0.3) is 0 Å². The molecule has 2 N–H and O–H groups in total. The Morgan fingerprint density at radius 3 is 2.60 bits per heavy atom. The van der Waals surface area contributed by atoms with Crippen molar-refractivity contribution in [1.29, 1.82) is 0 Å². The van der Waals surface area contributed by atoms with E-state index in [1.165, 1.54) is 29.5 Å². The van der Waals surface area contributed by atoms with E-state index in [0.717, 1.165) is 4.88 Å². The van der Waals surface area contributed by atoms with Crippen LogP contribution in [0.3, 0.4) is 0 Å². The highest BCUT2D eigenvalue weighted by molar-refractivity contribution is 7.10. The van der Waals surface area contributed by atoms with Crippen LogP contribution in [0, 0.1) is 5.82 Å². The highest BCUT2D eigenvalue weighted by Crippen LogP contribution is 2.22. The van der Waals surface area contributed by atoms with E-state index in [1.54, 1.807) is 23.6 Å². The fourth-order valence-corrected chi connectivity index (χ4v) is 2.55. The first kappa shape index (κ1) is 14.2. The Bertz CT molecular complexity index is 613. The molecule has 1 aromatic heterocycles. The Balaban J connectivity index is 2.18. The van der Waals surface area contributed by atoms with E-state index in [9.17, 15) is 14.0 Å². The third kappa shape index (κ3) is 3.42. The summed E-state index contributed by atoms with van der Waals surface area (Å²) in [7, 11) is 0. The topological polar surface area (TPSA) is 66.4 Å². The first-order valence-corrected chi connectivity index (χ1v) is 6.76. The molecule has 20 heavy (non-hydrogen) atoms. The predicted molar refractivity (Wildman–Crippen MR) is 73.2 cm³/mol. The Hall–Kier alpha value is -2.21. The summed E-state index contributed by atoms with van der Waals surface area (Å²) < 4.78 is 13.5. The molecule has 0 aliphatic carbocycles. The summed E-state index contributed by atoms with van der Waals surface area (Å²) in [5.41, 5.74) is -0.0977. The molecule has 0 fully saturated rings. The number of amides is 1. The highest BCUT2D eigenvalue weighted by atomic mass is 32.1. The molecule has 0 spiro atoms. The van der Waals surface area contributed by atoms with Crippen LogP contribution < -0.4 is 5.32 Å². The molecule has 0 aliphatic rings. The van der Waals surface area contributed by atoms with Gasteiger partial charge in [0.15, 0.2) is 0 Å². The molecule has 1 aromatic carbocycles. The number of rotatable bonds is 5. The third-order valence-corrected chi connectivity index (χ3v) is 3.68. The number of halogens is 1. The van der Waals surface area contributed by atoms with E-state index in [4.69, 9.17) is 5.11 Å². The zero-order chi connectivity index (χ0) is 14.5. The number of carbonyl (C=O) groups excluding carboxylic acids is 1. The molecule has 0 aliphatic heterocycles. The van der Waals surface area contributed by atoms with Crippen molar-refractivity contribution >= 4 is 23.2 Å². The van der Waals surface area contributed by atoms with Crippen molar-refractivity contribution in [1.82, 2.24) is 5.32 Å². The van der Waals surface area contributed by atoms with Gasteiger partial charge in [-0.1, -0.05) is 18.2 Å². The second kappa shape index (κ2) is 6.29. The van der Waals surface area contributed by atoms with E-state index in [2.05, 4.69) is 5.32 Å². The van der Waals surface area contributed by atoms with Gasteiger partial charge in [-0.3, -0.25) is 9.59 Å². The lowest BCUT2D eigenvalue weighted by atomic mass is 10.1. The lowest BCUT2D eigenvalue weighted by Gasteiger charge is -2.15. The minimum absolute atomic E-state index is 0.0977. The number of thiophene rings is 1. The van der Waals surface area contributed by atoms with Crippen LogP contribution in [0.5, 0.6) is 0 Å². The van der Waals surface area contributed by atoms with Gasteiger partial charge in [0, 0.05) is 4.88 Å². The van der Waals surface area contributed by atoms with Crippen molar-refractivity contribution in [2.45, 2.75) is 12.5 Å². The number of nitrogens with one attached hydrogen (secondary N) is 1. The first-order chi connectivity index (χ1) is 9.58. The monoisotopic (exact) mass is 293 g/mol. The second-order valence-electron chi connectivity index (χ2n) is 4.12. The van der Waals surface area contributed by atoms with E-state index >= 15 is 0 Å². The maximum absolute atomic E-state index is 13.5. The first-order valence-electron chi connectivity index (χ1n) is 5.88. The number of carboxylic acid groups (broad SMARTS) is 1. The average molecular weight is 293 g/mol. The predicted octanol–water partition coefficient (Wildman–Crippen LogP) is 2.83. The fraction of sp³-hybridized carbons (Fsp3) is 0.143. The maximum Gasteiger partial charge on any atom is 0.305 e. The molecule has 0 radical (unpaired) electrons. The maximum atomic E-state index is 13.5. The van der Waals surface area contributed by atoms with Gasteiger partial charge in [-0.25, -0.2) is 4.39 Å². The molecular formula is C14H12FNO3S. The van der Waals surface area contributed by atoms with Gasteiger partial charge in [0.2, 0.25) is 0 Å². The van der Waals surface area contributed by atoms with E-state index in [1.807, 2.05) is 0 Å². The van der Waals surface area contributed by atoms with Crippen LogP contribution >= 0.6 is 11.3 Å². The normalized spacial score (nSPS) is 11.8. The molecule has 1 heterocycles. The molecule has 1 unspecified atom stereocenters. The summed E-state index contributed by atoms with van der Waals surface area (Å²) in [6, 6.07) is 8.42. The van der Waals surface area contributed by atoms with Crippen LogP contribution in [-0.2, 0) is 4.79 Å². The molecule has 0 saturated carbocycles. The number of hydrogen-bond donors (Lipinski definition) is 2. The van der Waals surface area contributed by atoms with Gasteiger partial charge in [0.25, 0.3) is 5.91 Å². The van der Waals surface area contributed by atoms with Crippen molar-refractivity contribution in [3.63, 3.8) is 0 Å². The summed E-state index contributed by atoms with van der Waals surface area (Å²) in [5.74, 6) is -2.29. The summed E-state index contributed by atoms with van der Waals surface area (Å²) in [6.45, 7) is 0. The van der Waals surface area contributed by atoms with Crippen LogP contribution in [-0.4, -0.2) is 17.0 Å². The molecule has 0 bridgehead atoms. The summed E-state index contributed by atoms with van der Waals surface area (Å²) in [5, 5.41) is 13.2. The lowest BCUT2D eigenvalue weighted by molar-refractivity contribution is -0.137. The van der Waals surface area contributed by atoms with Crippen LogP contribution in [0.4, 0.5) is 4.39 Å². The molecular weight excluding hydrogens is 281 g/mol. The molecule has 104 valence electrons. The molecule has 6 heteroatoms. The van der Waals surface area contributed by atoms with E-state index in [0.29, 0.717) is 0 Å². The Morgan fingerprint density at radius 2 is 2.00 bits per heavy atom. The average Bonchev–Trinajstić information content (AvgIpc) is 2.91. The van der Waals surface area contributed by atoms with Crippen LogP contribution in [0.15, 0.2) is 41.8 Å². The smallest absolute Gasteiger partial charge is 0.305 e. The van der Waals surface area contributed by atoms with Crippen molar-refractivity contribution in [2.24, 2.45) is 0 Å². The second-order valence-corrected chi connectivity index (χ2v) is 5.10. The molecule has 1 atom stereocenters. The number of hydrogen-bond acceptors (Lipinski definition) is 3. The van der Waals surface area contributed by atoms with Gasteiger partial charge in [0.1, 0.15) is 5.82 Å². The summed E-state index contributed by atoms with van der Waals surface area (Å²) >= 11 is 1.34. The standard InChI is InChI=1S/C14H12FNO3S/c15-10-5-2-1-4-9(10)14(19)16-11(8-13(17)18)12-6-3-7-20-12/h1-7,11H,8H2,(H,16,19)(H,17,18). The van der Waals surface area contributed by atoms with Gasteiger partial charge in [-0.2, -0.15) is 0 Å². The quantitative estimate of drug-likeness (QED) is 0.891. The number of aliphatic carboxylic acids is 1. The van der Waals surface area contributed by atoms with Crippen molar-refractivity contribution in [2.75, 3.05) is 0 Å². The summed E-state index contributed by atoms with van der Waals surface area (Å²) in [4.78, 5) is 23.6. The molecule has 2 rings (SSSR count). The van der Waals surface area contributed by atoms with Gasteiger partial charge in [0.05, 0.1) is 18.0 Å². The van der Waals surface area contributed by atoms with Gasteiger partial charge in [-0.15, -0.1) is 11.3 Å². The van der Waals surface area contributed by atoms with Gasteiger partial charge >= 0.3 is 5.97 Å². The Kier molecular flexibility index (Phi) is 4.47. The zero-order valence-corrected chi connectivity index (χ0v) is 11.2. The number of benzene rings is 1. The SMILES string of the molecule is O=C(O)CC(NC(=O)c1ccccc1F)c1cccs1. The Labute approximate surface area is 118 Å². The highest BCUT2D eigenvalue weighted by Gasteiger charge is 2.21. The van der Waals surface area contributed by atoms with Crippen molar-refractivity contribution in [3.05, 3.63) is 58.0 Å². The van der Waals surface area contributed by atoms with Gasteiger partial charge < -0.3 is 10.4 Å². The van der Waals surface area contributed by atoms with Crippen molar-refractivity contribution in [3.8, 4) is 0 Å². The molecule has 4 nitrogen and oxygen atoms in total. The fourth-order valence-electron chi connectivity index (χ4n) is 1.77. The summed E-state index contributed by atoms with van der Waals surface area (Å²) in [6.07, 6.45) is -0.249. The zero-order valence-electron chi connectivity index (χ0n) is 10.4. The van der Waals surface area contributed by atoms with Crippen LogP contribution in [0.2, 0.25) is 0 Å². The molecule has 2 aromatic rings. The Morgan fingerprint density at radius 1 is 1.25 bits per heavy atom. The molecule has 1 amide bonds.